The van der Waals surface area contributed by atoms with Crippen molar-refractivity contribution in [2.24, 2.45) is 0 Å². The maximum Gasteiger partial charge on any atom is 0.140 e. The Morgan fingerprint density at radius 2 is 1.92 bits per heavy atom. The molecule has 4 rings (SSSR count). The number of H-pyrrole nitrogens is 1. The first kappa shape index (κ1) is 14.9. The third-order valence-corrected chi connectivity index (χ3v) is 4.70. The number of aromatic nitrogens is 2. The largest absolute Gasteiger partial charge is 0.486 e. The summed E-state index contributed by atoms with van der Waals surface area (Å²) in [6.07, 6.45) is 0. The number of nitrogens with zero attached hydrogens (tertiary/aromatic N) is 1. The van der Waals surface area contributed by atoms with Gasteiger partial charge in [0.05, 0.1) is 5.69 Å². The number of fused-ring (bicyclic) bond motifs is 1. The number of para-hydroxylation sites is 1. The monoisotopic (exact) mass is 338 g/mol. The number of halogens is 1. The molecule has 0 fully saturated rings. The molecule has 0 saturated heterocycles. The van der Waals surface area contributed by atoms with Crippen LogP contribution in [-0.2, 0) is 6.61 Å². The smallest absolute Gasteiger partial charge is 0.140 e. The highest BCUT2D eigenvalue weighted by Gasteiger charge is 2.13. The number of aryl methyl sites for hydroxylation is 1. The number of ether oxygens (including phenoxy) is 1. The lowest BCUT2D eigenvalue weighted by atomic mass is 10.1. The zero-order valence-electron chi connectivity index (χ0n) is 13.0. The van der Waals surface area contributed by atoms with Gasteiger partial charge in [-0.05, 0) is 37.3 Å². The van der Waals surface area contributed by atoms with Gasteiger partial charge in [-0.3, -0.25) is 0 Å². The number of aromatic amines is 1. The van der Waals surface area contributed by atoms with Gasteiger partial charge in [-0.15, -0.1) is 11.3 Å². The molecule has 0 atom stereocenters. The predicted molar refractivity (Wildman–Crippen MR) is 94.9 cm³/mol. The summed E-state index contributed by atoms with van der Waals surface area (Å²) in [6.45, 7) is 2.43. The van der Waals surface area contributed by atoms with E-state index in [1.807, 2.05) is 17.5 Å². The molecule has 2 aromatic heterocycles. The van der Waals surface area contributed by atoms with Gasteiger partial charge in [0.1, 0.15) is 23.2 Å². The van der Waals surface area contributed by atoms with Crippen molar-refractivity contribution in [1.29, 1.82) is 0 Å². The molecule has 0 bridgehead atoms. The summed E-state index contributed by atoms with van der Waals surface area (Å²) in [5.74, 6) is 0.366. The lowest BCUT2D eigenvalue weighted by molar-refractivity contribution is 0.305. The molecule has 120 valence electrons. The van der Waals surface area contributed by atoms with Crippen molar-refractivity contribution < 1.29 is 9.13 Å². The summed E-state index contributed by atoms with van der Waals surface area (Å²) in [5, 5.41) is 4.11. The highest BCUT2D eigenvalue weighted by molar-refractivity contribution is 7.09. The minimum absolute atomic E-state index is 0.270. The molecule has 1 N–H and O–H groups in total. The number of nitrogens with one attached hydrogen (secondary N) is 1. The van der Waals surface area contributed by atoms with Gasteiger partial charge >= 0.3 is 0 Å². The average molecular weight is 338 g/mol. The first-order chi connectivity index (χ1) is 11.7. The second-order valence-electron chi connectivity index (χ2n) is 5.54. The van der Waals surface area contributed by atoms with Gasteiger partial charge in [0.25, 0.3) is 0 Å². The van der Waals surface area contributed by atoms with Gasteiger partial charge in [-0.2, -0.15) is 0 Å². The number of rotatable bonds is 4. The third-order valence-electron chi connectivity index (χ3n) is 3.88. The van der Waals surface area contributed by atoms with Crippen LogP contribution in [0.3, 0.4) is 0 Å². The van der Waals surface area contributed by atoms with E-state index in [0.29, 0.717) is 12.4 Å². The van der Waals surface area contributed by atoms with Crippen LogP contribution in [0, 0.1) is 12.7 Å². The normalized spacial score (nSPS) is 11.1. The highest BCUT2D eigenvalue weighted by atomic mass is 32.1. The minimum Gasteiger partial charge on any atom is -0.486 e. The van der Waals surface area contributed by atoms with Crippen molar-refractivity contribution in [3.05, 3.63) is 70.4 Å². The molecule has 2 heterocycles. The van der Waals surface area contributed by atoms with Crippen molar-refractivity contribution >= 4 is 22.2 Å². The van der Waals surface area contributed by atoms with Crippen LogP contribution >= 0.6 is 11.3 Å². The molecule has 0 aliphatic carbocycles. The molecule has 24 heavy (non-hydrogen) atoms. The third kappa shape index (κ3) is 2.78. The second kappa shape index (κ2) is 6.09. The fourth-order valence-corrected chi connectivity index (χ4v) is 3.47. The molecule has 0 aliphatic rings. The van der Waals surface area contributed by atoms with E-state index in [2.05, 4.69) is 24.0 Å². The van der Waals surface area contributed by atoms with Crippen LogP contribution in [-0.4, -0.2) is 9.97 Å². The number of hydrogen-bond acceptors (Lipinski definition) is 3. The van der Waals surface area contributed by atoms with Crippen LogP contribution in [0.25, 0.3) is 22.2 Å². The molecular formula is C19H15FN2OS. The summed E-state index contributed by atoms with van der Waals surface area (Å²) in [5.41, 5.74) is 4.30. The summed E-state index contributed by atoms with van der Waals surface area (Å²) in [6, 6.07) is 14.2. The van der Waals surface area contributed by atoms with Crippen LogP contribution in [0.1, 0.15) is 10.7 Å². The van der Waals surface area contributed by atoms with Crippen LogP contribution in [0.5, 0.6) is 5.75 Å². The first-order valence-corrected chi connectivity index (χ1v) is 8.49. The summed E-state index contributed by atoms with van der Waals surface area (Å²) < 4.78 is 18.6. The van der Waals surface area contributed by atoms with E-state index in [-0.39, 0.29) is 5.82 Å². The molecule has 2 aromatic carbocycles. The van der Waals surface area contributed by atoms with Crippen molar-refractivity contribution in [3.8, 4) is 17.0 Å². The Hall–Kier alpha value is -2.66. The molecule has 0 spiro atoms. The molecule has 3 nitrogen and oxygen atoms in total. The Bertz CT molecular complexity index is 988. The first-order valence-electron chi connectivity index (χ1n) is 7.61. The molecule has 0 aliphatic heterocycles. The molecule has 0 saturated carbocycles. The summed E-state index contributed by atoms with van der Waals surface area (Å²) in [7, 11) is 0. The fraction of sp³-hybridized carbons (Fsp3) is 0.105. The van der Waals surface area contributed by atoms with Gasteiger partial charge in [-0.25, -0.2) is 9.37 Å². The SMILES string of the molecule is Cc1[nH]c2ccccc2c1-c1csc(COc2ccc(F)cc2)n1. The lowest BCUT2D eigenvalue weighted by Crippen LogP contribution is -1.95. The van der Waals surface area contributed by atoms with Crippen molar-refractivity contribution in [3.63, 3.8) is 0 Å². The van der Waals surface area contributed by atoms with Crippen LogP contribution < -0.4 is 4.74 Å². The summed E-state index contributed by atoms with van der Waals surface area (Å²) in [4.78, 5) is 8.09. The molecule has 0 amide bonds. The average Bonchev–Trinajstić information content (AvgIpc) is 3.17. The molecule has 5 heteroatoms. The minimum atomic E-state index is -0.270. The maximum absolute atomic E-state index is 12.9. The van der Waals surface area contributed by atoms with E-state index >= 15 is 0 Å². The quantitative estimate of drug-likeness (QED) is 0.547. The molecule has 0 unspecified atom stereocenters. The lowest BCUT2D eigenvalue weighted by Gasteiger charge is -2.03. The highest BCUT2D eigenvalue weighted by Crippen LogP contribution is 2.32. The van der Waals surface area contributed by atoms with Gasteiger partial charge < -0.3 is 9.72 Å². The van der Waals surface area contributed by atoms with E-state index < -0.39 is 0 Å². The zero-order valence-corrected chi connectivity index (χ0v) is 13.9. The van der Waals surface area contributed by atoms with E-state index in [4.69, 9.17) is 9.72 Å². The number of hydrogen-bond donors (Lipinski definition) is 1. The predicted octanol–water partition coefficient (Wildman–Crippen LogP) is 5.32. The van der Waals surface area contributed by atoms with Gasteiger partial charge in [0, 0.05) is 27.5 Å². The number of benzene rings is 2. The van der Waals surface area contributed by atoms with Crippen LogP contribution in [0.4, 0.5) is 4.39 Å². The topological polar surface area (TPSA) is 37.9 Å². The van der Waals surface area contributed by atoms with Crippen LogP contribution in [0.15, 0.2) is 53.9 Å². The maximum atomic E-state index is 12.9. The van der Waals surface area contributed by atoms with E-state index in [0.717, 1.165) is 27.5 Å². The van der Waals surface area contributed by atoms with Crippen LogP contribution in [0.2, 0.25) is 0 Å². The Balaban J connectivity index is 1.58. The number of thiazole rings is 1. The van der Waals surface area contributed by atoms with Crippen molar-refractivity contribution in [1.82, 2.24) is 9.97 Å². The Kier molecular flexibility index (Phi) is 3.78. The molecule has 4 aromatic rings. The molecule has 0 radical (unpaired) electrons. The van der Waals surface area contributed by atoms with E-state index in [1.54, 1.807) is 23.5 Å². The van der Waals surface area contributed by atoms with Gasteiger partial charge in [0.15, 0.2) is 0 Å². The molecular weight excluding hydrogens is 323 g/mol. The van der Waals surface area contributed by atoms with E-state index in [9.17, 15) is 4.39 Å². The Morgan fingerprint density at radius 3 is 2.75 bits per heavy atom. The Labute approximate surface area is 142 Å². The fourth-order valence-electron chi connectivity index (χ4n) is 2.77. The van der Waals surface area contributed by atoms with Gasteiger partial charge in [0.2, 0.25) is 0 Å². The van der Waals surface area contributed by atoms with Crippen molar-refractivity contribution in [2.75, 3.05) is 0 Å². The second-order valence-corrected chi connectivity index (χ2v) is 6.48. The Morgan fingerprint density at radius 1 is 1.12 bits per heavy atom. The zero-order chi connectivity index (χ0) is 16.5. The van der Waals surface area contributed by atoms with E-state index in [1.165, 1.54) is 17.5 Å². The summed E-state index contributed by atoms with van der Waals surface area (Å²) >= 11 is 1.56. The van der Waals surface area contributed by atoms with Gasteiger partial charge in [-0.1, -0.05) is 18.2 Å². The standard InChI is InChI=1S/C19H15FN2OS/c1-12-19(15-4-2-3-5-16(15)21-12)17-11-24-18(22-17)10-23-14-8-6-13(20)7-9-14/h2-9,11,21H,10H2,1H3. The van der Waals surface area contributed by atoms with Crippen molar-refractivity contribution in [2.45, 2.75) is 13.5 Å².